The molecule has 1 aliphatic rings. The average Bonchev–Trinajstić information content (AvgIpc) is 2.42. The van der Waals surface area contributed by atoms with Crippen molar-refractivity contribution < 1.29 is 9.84 Å². The minimum atomic E-state index is -0.661. The Bertz CT molecular complexity index is 451. The summed E-state index contributed by atoms with van der Waals surface area (Å²) in [5.41, 5.74) is 0.655. The van der Waals surface area contributed by atoms with Crippen LogP contribution in [0.15, 0.2) is 12.1 Å². The minimum Gasteiger partial charge on any atom is -0.492 e. The van der Waals surface area contributed by atoms with Crippen LogP contribution in [0, 0.1) is 0 Å². The van der Waals surface area contributed by atoms with Gasteiger partial charge in [-0.05, 0) is 19.1 Å². The highest BCUT2D eigenvalue weighted by Crippen LogP contribution is 2.36. The number of hydrogen-bond donors (Lipinski definition) is 2. The molecule has 0 radical (unpaired) electrons. The largest absolute Gasteiger partial charge is 0.492 e. The molecule has 4 nitrogen and oxygen atoms in total. The van der Waals surface area contributed by atoms with Crippen LogP contribution in [-0.4, -0.2) is 49.3 Å². The number of nitrogens with zero attached hydrogens (tertiary/aromatic N) is 1. The zero-order chi connectivity index (χ0) is 14.5. The standard InChI is InChI=1S/C14H20Cl2N2O2/c1-2-20-14-11(7-10(15)8-12(14)16)13(19)9-18-5-3-17-4-6-18/h7-8,13,17,19H,2-6,9H2,1H3. The number of aliphatic hydroxyl groups excluding tert-OH is 1. The summed E-state index contributed by atoms with van der Waals surface area (Å²) < 4.78 is 5.55. The molecule has 0 aromatic heterocycles. The van der Waals surface area contributed by atoms with Gasteiger partial charge in [0.05, 0.1) is 17.7 Å². The SMILES string of the molecule is CCOc1c(Cl)cc(Cl)cc1C(O)CN1CCNCC1. The van der Waals surface area contributed by atoms with Crippen LogP contribution in [0.2, 0.25) is 10.0 Å². The van der Waals surface area contributed by atoms with Crippen LogP contribution in [0.25, 0.3) is 0 Å². The van der Waals surface area contributed by atoms with E-state index < -0.39 is 6.10 Å². The summed E-state index contributed by atoms with van der Waals surface area (Å²) in [7, 11) is 0. The van der Waals surface area contributed by atoms with Crippen molar-refractivity contribution in [1.82, 2.24) is 10.2 Å². The molecule has 0 amide bonds. The molecular formula is C14H20Cl2N2O2. The number of β-amino-alcohol motifs (C(OH)–C–C–N with tert-alkyl or cyclic N) is 1. The van der Waals surface area contributed by atoms with Gasteiger partial charge in [0.25, 0.3) is 0 Å². The van der Waals surface area contributed by atoms with Crippen LogP contribution in [0.4, 0.5) is 0 Å². The third-order valence-electron chi connectivity index (χ3n) is 3.33. The summed E-state index contributed by atoms with van der Waals surface area (Å²) >= 11 is 12.2. The second kappa shape index (κ2) is 7.48. The van der Waals surface area contributed by atoms with Crippen molar-refractivity contribution in [3.63, 3.8) is 0 Å². The van der Waals surface area contributed by atoms with Crippen molar-refractivity contribution in [2.75, 3.05) is 39.3 Å². The summed E-state index contributed by atoms with van der Waals surface area (Å²) in [6, 6.07) is 3.36. The number of nitrogens with one attached hydrogen (secondary N) is 1. The number of halogens is 2. The topological polar surface area (TPSA) is 44.7 Å². The van der Waals surface area contributed by atoms with E-state index in [0.29, 0.717) is 34.5 Å². The third kappa shape index (κ3) is 3.99. The molecule has 0 saturated carbocycles. The molecule has 1 aliphatic heterocycles. The molecule has 1 fully saturated rings. The van der Waals surface area contributed by atoms with Gasteiger partial charge in [-0.1, -0.05) is 23.2 Å². The molecule has 1 saturated heterocycles. The van der Waals surface area contributed by atoms with Gasteiger partial charge in [-0.15, -0.1) is 0 Å². The molecule has 1 unspecified atom stereocenters. The first-order valence-corrected chi connectivity index (χ1v) is 7.60. The lowest BCUT2D eigenvalue weighted by molar-refractivity contribution is 0.103. The maximum atomic E-state index is 10.5. The van der Waals surface area contributed by atoms with Gasteiger partial charge < -0.3 is 15.2 Å². The van der Waals surface area contributed by atoms with Crippen LogP contribution in [0.1, 0.15) is 18.6 Å². The van der Waals surface area contributed by atoms with Gasteiger partial charge in [0.1, 0.15) is 5.75 Å². The molecule has 1 aromatic rings. The van der Waals surface area contributed by atoms with E-state index in [-0.39, 0.29) is 0 Å². The van der Waals surface area contributed by atoms with E-state index in [1.165, 1.54) is 0 Å². The van der Waals surface area contributed by atoms with Gasteiger partial charge in [-0.3, -0.25) is 4.90 Å². The zero-order valence-corrected chi connectivity index (χ0v) is 13.0. The highest BCUT2D eigenvalue weighted by molar-refractivity contribution is 6.35. The molecule has 6 heteroatoms. The van der Waals surface area contributed by atoms with Crippen LogP contribution in [0.5, 0.6) is 5.75 Å². The lowest BCUT2D eigenvalue weighted by Crippen LogP contribution is -2.45. The van der Waals surface area contributed by atoms with Gasteiger partial charge in [0.2, 0.25) is 0 Å². The number of aliphatic hydroxyl groups is 1. The molecular weight excluding hydrogens is 299 g/mol. The Kier molecular flexibility index (Phi) is 5.93. The number of hydrogen-bond acceptors (Lipinski definition) is 4. The number of rotatable bonds is 5. The average molecular weight is 319 g/mol. The predicted octanol–water partition coefficient (Wildman–Crippen LogP) is 2.33. The molecule has 112 valence electrons. The lowest BCUT2D eigenvalue weighted by atomic mass is 10.1. The predicted molar refractivity (Wildman–Crippen MR) is 81.9 cm³/mol. The second-order valence-electron chi connectivity index (χ2n) is 4.81. The summed E-state index contributed by atoms with van der Waals surface area (Å²) in [4.78, 5) is 2.21. The molecule has 1 atom stereocenters. The quantitative estimate of drug-likeness (QED) is 0.874. The Morgan fingerprint density at radius 2 is 2.05 bits per heavy atom. The third-order valence-corrected chi connectivity index (χ3v) is 3.82. The molecule has 20 heavy (non-hydrogen) atoms. The highest BCUT2D eigenvalue weighted by Gasteiger charge is 2.21. The Hall–Kier alpha value is -0.520. The summed E-state index contributed by atoms with van der Waals surface area (Å²) in [5, 5.41) is 14.7. The van der Waals surface area contributed by atoms with Gasteiger partial charge in [0, 0.05) is 43.3 Å². The van der Waals surface area contributed by atoms with Crippen molar-refractivity contribution in [1.29, 1.82) is 0 Å². The van der Waals surface area contributed by atoms with Crippen molar-refractivity contribution in [2.45, 2.75) is 13.0 Å². The van der Waals surface area contributed by atoms with Crippen LogP contribution < -0.4 is 10.1 Å². The van der Waals surface area contributed by atoms with Crippen molar-refractivity contribution in [3.05, 3.63) is 27.7 Å². The van der Waals surface area contributed by atoms with Crippen LogP contribution in [-0.2, 0) is 0 Å². The Morgan fingerprint density at radius 1 is 1.35 bits per heavy atom. The Morgan fingerprint density at radius 3 is 2.70 bits per heavy atom. The van der Waals surface area contributed by atoms with Gasteiger partial charge in [-0.25, -0.2) is 0 Å². The first kappa shape index (κ1) is 15.9. The Labute approximate surface area is 129 Å². The minimum absolute atomic E-state index is 0.439. The maximum absolute atomic E-state index is 10.5. The fourth-order valence-corrected chi connectivity index (χ4v) is 2.92. The Balaban J connectivity index is 2.16. The molecule has 1 heterocycles. The fourth-order valence-electron chi connectivity index (χ4n) is 2.36. The first-order chi connectivity index (χ1) is 9.61. The molecule has 0 aliphatic carbocycles. The lowest BCUT2D eigenvalue weighted by Gasteiger charge is -2.29. The van der Waals surface area contributed by atoms with E-state index in [1.54, 1.807) is 12.1 Å². The molecule has 0 bridgehead atoms. The summed E-state index contributed by atoms with van der Waals surface area (Å²) in [6.07, 6.45) is -0.661. The molecule has 2 N–H and O–H groups in total. The van der Waals surface area contributed by atoms with Crippen molar-refractivity contribution in [2.24, 2.45) is 0 Å². The van der Waals surface area contributed by atoms with E-state index in [4.69, 9.17) is 27.9 Å². The molecule has 2 rings (SSSR count). The molecule has 0 spiro atoms. The zero-order valence-electron chi connectivity index (χ0n) is 11.5. The number of piperazine rings is 1. The van der Waals surface area contributed by atoms with E-state index in [0.717, 1.165) is 26.2 Å². The highest BCUT2D eigenvalue weighted by atomic mass is 35.5. The number of ether oxygens (including phenoxy) is 1. The second-order valence-corrected chi connectivity index (χ2v) is 5.65. The van der Waals surface area contributed by atoms with Gasteiger partial charge in [0.15, 0.2) is 0 Å². The van der Waals surface area contributed by atoms with Crippen LogP contribution in [0.3, 0.4) is 0 Å². The normalized spacial score (nSPS) is 18.0. The summed E-state index contributed by atoms with van der Waals surface area (Å²) in [5.74, 6) is 0.529. The monoisotopic (exact) mass is 318 g/mol. The van der Waals surface area contributed by atoms with Gasteiger partial charge in [-0.2, -0.15) is 0 Å². The van der Waals surface area contributed by atoms with Gasteiger partial charge >= 0.3 is 0 Å². The first-order valence-electron chi connectivity index (χ1n) is 6.84. The molecule has 1 aromatic carbocycles. The van der Waals surface area contributed by atoms with E-state index >= 15 is 0 Å². The van der Waals surface area contributed by atoms with Crippen LogP contribution >= 0.6 is 23.2 Å². The van der Waals surface area contributed by atoms with Crippen molar-refractivity contribution in [3.8, 4) is 5.75 Å². The summed E-state index contributed by atoms with van der Waals surface area (Å²) in [6.45, 7) is 6.68. The fraction of sp³-hybridized carbons (Fsp3) is 0.571. The number of benzene rings is 1. The van der Waals surface area contributed by atoms with E-state index in [2.05, 4.69) is 10.2 Å². The smallest absolute Gasteiger partial charge is 0.143 e. The maximum Gasteiger partial charge on any atom is 0.143 e. The van der Waals surface area contributed by atoms with E-state index in [1.807, 2.05) is 6.92 Å². The van der Waals surface area contributed by atoms with Crippen molar-refractivity contribution >= 4 is 23.2 Å². The van der Waals surface area contributed by atoms with E-state index in [9.17, 15) is 5.11 Å².